The van der Waals surface area contributed by atoms with Crippen LogP contribution in [0.1, 0.15) is 34.4 Å². The molecule has 8 heteroatoms. The minimum Gasteiger partial charge on any atom is -0.312 e. The second kappa shape index (κ2) is 8.96. The highest BCUT2D eigenvalue weighted by atomic mass is 32.1. The number of aryl methyl sites for hydroxylation is 1. The summed E-state index contributed by atoms with van der Waals surface area (Å²) in [5, 5.41) is 33.0. The standard InChI is InChI=1S/C21H16N4O3S/c22-12-15(8-5-7-14-6-1-3-10-18(14)25(27)28)20(26)24-21-17(13-23)16-9-2-4-11-19(16)29-21/h1,3,5-8,10H,2,4,9,11H2,(H,24,26)/b7-5+,15-8+. The fourth-order valence-corrected chi connectivity index (χ4v) is 4.38. The molecule has 1 aliphatic rings. The van der Waals surface area contributed by atoms with Crippen LogP contribution in [-0.4, -0.2) is 10.8 Å². The van der Waals surface area contributed by atoms with Crippen molar-refractivity contribution in [1.29, 1.82) is 10.5 Å². The van der Waals surface area contributed by atoms with Crippen molar-refractivity contribution >= 4 is 34.0 Å². The topological polar surface area (TPSA) is 120 Å². The van der Waals surface area contributed by atoms with Crippen molar-refractivity contribution in [3.05, 3.63) is 73.7 Å². The summed E-state index contributed by atoms with van der Waals surface area (Å²) in [6, 6.07) is 10.2. The van der Waals surface area contributed by atoms with E-state index >= 15 is 0 Å². The number of hydrogen-bond donors (Lipinski definition) is 1. The monoisotopic (exact) mass is 404 g/mol. The molecule has 0 saturated carbocycles. The lowest BCUT2D eigenvalue weighted by molar-refractivity contribution is -0.385. The van der Waals surface area contributed by atoms with E-state index in [-0.39, 0.29) is 11.3 Å². The molecule has 1 amide bonds. The average molecular weight is 404 g/mol. The molecule has 0 spiro atoms. The first kappa shape index (κ1) is 20.0. The van der Waals surface area contributed by atoms with Gasteiger partial charge in [0.1, 0.15) is 22.7 Å². The van der Waals surface area contributed by atoms with Crippen molar-refractivity contribution in [2.24, 2.45) is 0 Å². The van der Waals surface area contributed by atoms with Gasteiger partial charge in [-0.2, -0.15) is 10.5 Å². The number of rotatable bonds is 5. The van der Waals surface area contributed by atoms with Crippen molar-refractivity contribution in [3.8, 4) is 12.1 Å². The second-order valence-corrected chi connectivity index (χ2v) is 7.45. The molecular formula is C21H16N4O3S. The number of carbonyl (C=O) groups excluding carboxylic acids is 1. The Kier molecular flexibility index (Phi) is 6.18. The van der Waals surface area contributed by atoms with Gasteiger partial charge in [0.15, 0.2) is 0 Å². The van der Waals surface area contributed by atoms with Crippen molar-refractivity contribution in [3.63, 3.8) is 0 Å². The van der Waals surface area contributed by atoms with E-state index in [1.54, 1.807) is 18.2 Å². The summed E-state index contributed by atoms with van der Waals surface area (Å²) in [5.41, 5.74) is 1.62. The van der Waals surface area contributed by atoms with Gasteiger partial charge in [0.2, 0.25) is 0 Å². The number of amides is 1. The predicted octanol–water partition coefficient (Wildman–Crippen LogP) is 4.51. The minimum atomic E-state index is -0.616. The Balaban J connectivity index is 1.80. The number of nitro benzene ring substituents is 1. The minimum absolute atomic E-state index is 0.0667. The van der Waals surface area contributed by atoms with E-state index in [1.165, 1.54) is 35.6 Å². The van der Waals surface area contributed by atoms with Gasteiger partial charge >= 0.3 is 0 Å². The molecule has 0 bridgehead atoms. The highest BCUT2D eigenvalue weighted by molar-refractivity contribution is 7.16. The molecule has 1 heterocycles. The molecule has 29 heavy (non-hydrogen) atoms. The summed E-state index contributed by atoms with van der Waals surface area (Å²) in [6.07, 6.45) is 7.98. The van der Waals surface area contributed by atoms with Crippen LogP contribution in [0.3, 0.4) is 0 Å². The van der Waals surface area contributed by atoms with E-state index < -0.39 is 10.8 Å². The van der Waals surface area contributed by atoms with Crippen LogP contribution in [0.15, 0.2) is 42.0 Å². The van der Waals surface area contributed by atoms with Crippen LogP contribution in [0, 0.1) is 32.8 Å². The summed E-state index contributed by atoms with van der Waals surface area (Å²) in [6.45, 7) is 0. The number of anilines is 1. The number of carbonyl (C=O) groups is 1. The van der Waals surface area contributed by atoms with Crippen LogP contribution < -0.4 is 5.32 Å². The van der Waals surface area contributed by atoms with Crippen molar-refractivity contribution < 1.29 is 9.72 Å². The molecule has 1 N–H and O–H groups in total. The lowest BCUT2D eigenvalue weighted by Gasteiger charge is -2.09. The van der Waals surface area contributed by atoms with Crippen LogP contribution in [0.4, 0.5) is 10.7 Å². The summed E-state index contributed by atoms with van der Waals surface area (Å²) in [4.78, 5) is 24.2. The number of para-hydroxylation sites is 1. The van der Waals surface area contributed by atoms with E-state index in [0.29, 0.717) is 16.1 Å². The second-order valence-electron chi connectivity index (χ2n) is 6.35. The number of benzene rings is 1. The summed E-state index contributed by atoms with van der Waals surface area (Å²) in [7, 11) is 0. The number of fused-ring (bicyclic) bond motifs is 1. The molecule has 1 aromatic heterocycles. The summed E-state index contributed by atoms with van der Waals surface area (Å²) in [5.74, 6) is -0.616. The Labute approximate surface area is 171 Å². The maximum absolute atomic E-state index is 12.5. The van der Waals surface area contributed by atoms with E-state index in [1.807, 2.05) is 6.07 Å². The highest BCUT2D eigenvalue weighted by Crippen LogP contribution is 2.37. The quantitative estimate of drug-likeness (QED) is 0.258. The first-order valence-corrected chi connectivity index (χ1v) is 9.74. The van der Waals surface area contributed by atoms with Gasteiger partial charge < -0.3 is 5.32 Å². The highest BCUT2D eigenvalue weighted by Gasteiger charge is 2.22. The third-order valence-electron chi connectivity index (χ3n) is 4.55. The lowest BCUT2D eigenvalue weighted by Crippen LogP contribution is -2.13. The number of nitrogens with one attached hydrogen (secondary N) is 1. The Hall–Kier alpha value is -3.75. The van der Waals surface area contributed by atoms with Gasteiger partial charge in [0.05, 0.1) is 16.1 Å². The average Bonchev–Trinajstić information content (AvgIpc) is 3.08. The lowest BCUT2D eigenvalue weighted by atomic mass is 9.96. The van der Waals surface area contributed by atoms with Gasteiger partial charge in [-0.25, -0.2) is 0 Å². The fourth-order valence-electron chi connectivity index (χ4n) is 3.15. The van der Waals surface area contributed by atoms with Crippen LogP contribution in [0.5, 0.6) is 0 Å². The molecule has 0 unspecified atom stereocenters. The van der Waals surface area contributed by atoms with Crippen LogP contribution in [0.25, 0.3) is 6.08 Å². The zero-order chi connectivity index (χ0) is 20.8. The molecule has 0 fully saturated rings. The molecule has 1 aromatic carbocycles. The van der Waals surface area contributed by atoms with Crippen LogP contribution in [0.2, 0.25) is 0 Å². The number of nitrogens with zero attached hydrogens (tertiary/aromatic N) is 3. The van der Waals surface area contributed by atoms with E-state index in [4.69, 9.17) is 0 Å². The molecule has 0 atom stereocenters. The summed E-state index contributed by atoms with van der Waals surface area (Å²) < 4.78 is 0. The maximum Gasteiger partial charge on any atom is 0.276 e. The van der Waals surface area contributed by atoms with Gasteiger partial charge in [-0.3, -0.25) is 14.9 Å². The Morgan fingerprint density at radius 1 is 1.24 bits per heavy atom. The molecule has 2 aromatic rings. The van der Waals surface area contributed by atoms with E-state index in [0.717, 1.165) is 36.1 Å². The first-order valence-electron chi connectivity index (χ1n) is 8.93. The first-order chi connectivity index (χ1) is 14.0. The van der Waals surface area contributed by atoms with E-state index in [2.05, 4.69) is 11.4 Å². The van der Waals surface area contributed by atoms with Gasteiger partial charge in [-0.1, -0.05) is 18.2 Å². The third-order valence-corrected chi connectivity index (χ3v) is 5.75. The zero-order valence-electron chi connectivity index (χ0n) is 15.3. The molecule has 144 valence electrons. The normalized spacial score (nSPS) is 13.4. The SMILES string of the molecule is N#C/C(=C\C=C\c1ccccc1[N+](=O)[O-])C(=O)Nc1sc2c(c1C#N)CCCC2. The van der Waals surface area contributed by atoms with Gasteiger partial charge in [-0.05, 0) is 49.5 Å². The van der Waals surface area contributed by atoms with Crippen molar-refractivity contribution in [1.82, 2.24) is 0 Å². The third kappa shape index (κ3) is 4.40. The largest absolute Gasteiger partial charge is 0.312 e. The van der Waals surface area contributed by atoms with Gasteiger partial charge in [0, 0.05) is 10.9 Å². The van der Waals surface area contributed by atoms with Crippen molar-refractivity contribution in [2.75, 3.05) is 5.32 Å². The van der Waals surface area contributed by atoms with E-state index in [9.17, 15) is 25.4 Å². The molecule has 0 radical (unpaired) electrons. The molecule has 7 nitrogen and oxygen atoms in total. The Bertz CT molecular complexity index is 1120. The van der Waals surface area contributed by atoms with Crippen molar-refractivity contribution in [2.45, 2.75) is 25.7 Å². The molecule has 3 rings (SSSR count). The van der Waals surface area contributed by atoms with Gasteiger partial charge in [-0.15, -0.1) is 11.3 Å². The van der Waals surface area contributed by atoms with Gasteiger partial charge in [0.25, 0.3) is 11.6 Å². The predicted molar refractivity (Wildman–Crippen MR) is 110 cm³/mol. The zero-order valence-corrected chi connectivity index (χ0v) is 16.2. The number of allylic oxidation sites excluding steroid dienone is 2. The molecule has 0 aliphatic heterocycles. The smallest absolute Gasteiger partial charge is 0.276 e. The number of nitriles is 2. The molecule has 0 saturated heterocycles. The Morgan fingerprint density at radius 2 is 2.00 bits per heavy atom. The van der Waals surface area contributed by atoms with Crippen LogP contribution >= 0.6 is 11.3 Å². The summed E-state index contributed by atoms with van der Waals surface area (Å²) >= 11 is 1.38. The number of hydrogen-bond acceptors (Lipinski definition) is 6. The maximum atomic E-state index is 12.5. The molecular weight excluding hydrogens is 388 g/mol. The van der Waals surface area contributed by atoms with Crippen LogP contribution in [-0.2, 0) is 17.6 Å². The fraction of sp³-hybridized carbons (Fsp3) is 0.190. The Morgan fingerprint density at radius 3 is 2.72 bits per heavy atom. The number of nitro groups is 1. The molecule has 1 aliphatic carbocycles. The number of thiophene rings is 1.